The number of hydrogen-bond acceptors (Lipinski definition) is 1. The molecular weight excluding hydrogens is 278 g/mol. The molecule has 0 aliphatic rings. The summed E-state index contributed by atoms with van der Waals surface area (Å²) in [5.74, 6) is 0. The maximum atomic E-state index is 4.31. The predicted molar refractivity (Wildman–Crippen MR) is 102 cm³/mol. The molecular formula is C22H21N. The molecule has 0 atom stereocenters. The highest BCUT2D eigenvalue weighted by molar-refractivity contribution is 6.23. The van der Waals surface area contributed by atoms with Crippen LogP contribution in [0.3, 0.4) is 0 Å². The third-order valence-electron chi connectivity index (χ3n) is 4.78. The molecule has 0 bridgehead atoms. The van der Waals surface area contributed by atoms with E-state index < -0.39 is 0 Å². The number of aryl methyl sites for hydroxylation is 1. The number of nitrogens with zero attached hydrogens (tertiary/aromatic N) is 1. The van der Waals surface area contributed by atoms with E-state index in [9.17, 15) is 0 Å². The first-order valence-corrected chi connectivity index (χ1v) is 8.48. The largest absolute Gasteiger partial charge is 0.298 e. The molecule has 0 heterocycles. The molecule has 0 aliphatic carbocycles. The number of aliphatic imine (C=N–C) groups is 1. The van der Waals surface area contributed by atoms with E-state index in [4.69, 9.17) is 0 Å². The van der Waals surface area contributed by atoms with Crippen LogP contribution >= 0.6 is 0 Å². The van der Waals surface area contributed by atoms with Crippen LogP contribution in [0.15, 0.2) is 59.6 Å². The summed E-state index contributed by atoms with van der Waals surface area (Å²) in [6.07, 6.45) is 5.39. The minimum Gasteiger partial charge on any atom is -0.298 e. The second kappa shape index (κ2) is 6.00. The van der Waals surface area contributed by atoms with Crippen LogP contribution in [0.25, 0.3) is 32.3 Å². The van der Waals surface area contributed by atoms with Gasteiger partial charge in [0.1, 0.15) is 0 Å². The Kier molecular flexibility index (Phi) is 3.70. The van der Waals surface area contributed by atoms with Crippen LogP contribution in [0, 0.1) is 0 Å². The lowest BCUT2D eigenvalue weighted by Gasteiger charge is -2.13. The molecule has 0 N–H and O–H groups in total. The van der Waals surface area contributed by atoms with Gasteiger partial charge in [-0.1, -0.05) is 54.6 Å². The molecule has 0 amide bonds. The molecule has 0 fully saturated rings. The van der Waals surface area contributed by atoms with Crippen LogP contribution < -0.4 is 0 Å². The molecule has 4 rings (SSSR count). The summed E-state index contributed by atoms with van der Waals surface area (Å²) in [7, 11) is 0. The van der Waals surface area contributed by atoms with Crippen LogP contribution in [0.5, 0.6) is 0 Å². The second-order valence-corrected chi connectivity index (χ2v) is 6.20. The summed E-state index contributed by atoms with van der Waals surface area (Å²) in [6.45, 7) is 2.93. The lowest BCUT2D eigenvalue weighted by Crippen LogP contribution is -1.92. The summed E-state index contributed by atoms with van der Waals surface area (Å²) >= 11 is 0. The first kappa shape index (κ1) is 14.2. The molecule has 0 spiro atoms. The van der Waals surface area contributed by atoms with E-state index in [1.165, 1.54) is 44.3 Å². The summed E-state index contributed by atoms with van der Waals surface area (Å²) in [5.41, 5.74) is 1.47. The highest BCUT2D eigenvalue weighted by Crippen LogP contribution is 2.36. The third kappa shape index (κ3) is 2.46. The van der Waals surface area contributed by atoms with Crippen LogP contribution in [-0.4, -0.2) is 12.8 Å². The van der Waals surface area contributed by atoms with Gasteiger partial charge < -0.3 is 0 Å². The molecule has 0 saturated heterocycles. The predicted octanol–water partition coefficient (Wildman–Crippen LogP) is 6.00. The van der Waals surface area contributed by atoms with Gasteiger partial charge in [-0.2, -0.15) is 0 Å². The van der Waals surface area contributed by atoms with Crippen LogP contribution in [0.1, 0.15) is 25.3 Å². The topological polar surface area (TPSA) is 12.4 Å². The fourth-order valence-electron chi connectivity index (χ4n) is 3.66. The zero-order valence-electron chi connectivity index (χ0n) is 13.5. The number of unbranched alkanes of at least 4 members (excludes halogenated alkanes) is 1. The highest BCUT2D eigenvalue weighted by Gasteiger charge is 2.10. The zero-order chi connectivity index (χ0) is 15.6. The number of benzene rings is 4. The van der Waals surface area contributed by atoms with Gasteiger partial charge in [-0.25, -0.2) is 0 Å². The van der Waals surface area contributed by atoms with Crippen molar-refractivity contribution < 1.29 is 0 Å². The maximum absolute atomic E-state index is 4.31. The second-order valence-electron chi connectivity index (χ2n) is 6.20. The van der Waals surface area contributed by atoms with Gasteiger partial charge in [0.15, 0.2) is 0 Å². The Balaban J connectivity index is 1.80. The average Bonchev–Trinajstić information content (AvgIpc) is 2.60. The molecule has 1 heteroatoms. The lowest BCUT2D eigenvalue weighted by atomic mass is 9.90. The Morgan fingerprint density at radius 3 is 2.26 bits per heavy atom. The van der Waals surface area contributed by atoms with Crippen LogP contribution in [-0.2, 0) is 6.42 Å². The van der Waals surface area contributed by atoms with Crippen molar-refractivity contribution in [2.24, 2.45) is 4.99 Å². The van der Waals surface area contributed by atoms with E-state index in [1.807, 2.05) is 13.1 Å². The Morgan fingerprint density at radius 1 is 0.783 bits per heavy atom. The molecule has 114 valence electrons. The first-order chi connectivity index (χ1) is 11.4. The fourth-order valence-corrected chi connectivity index (χ4v) is 3.66. The quantitative estimate of drug-likeness (QED) is 0.243. The van der Waals surface area contributed by atoms with E-state index in [1.54, 1.807) is 0 Å². The van der Waals surface area contributed by atoms with Crippen molar-refractivity contribution in [3.05, 3.63) is 60.2 Å². The molecule has 0 unspecified atom stereocenters. The Morgan fingerprint density at radius 2 is 1.48 bits per heavy atom. The monoisotopic (exact) mass is 299 g/mol. The standard InChI is InChI=1S/C22H21N/c1-2-23-15-4-3-6-16-9-10-19-12-11-17-7-5-8-18-13-14-20(16)22(19)21(17)18/h2,5,7-14H,3-4,6,15H2,1H3. The molecule has 0 aliphatic heterocycles. The van der Waals surface area contributed by atoms with E-state index in [0.29, 0.717) is 0 Å². The smallest absolute Gasteiger partial charge is 0.0385 e. The first-order valence-electron chi connectivity index (χ1n) is 8.48. The van der Waals surface area contributed by atoms with Crippen molar-refractivity contribution in [1.29, 1.82) is 0 Å². The Labute approximate surface area is 137 Å². The average molecular weight is 299 g/mol. The van der Waals surface area contributed by atoms with Gasteiger partial charge in [0.2, 0.25) is 0 Å². The SMILES string of the molecule is CC=NCCCCc1ccc2ccc3cccc4ccc1c2c34. The van der Waals surface area contributed by atoms with Crippen molar-refractivity contribution in [2.45, 2.75) is 26.2 Å². The van der Waals surface area contributed by atoms with Gasteiger partial charge in [0.05, 0.1) is 0 Å². The summed E-state index contributed by atoms with van der Waals surface area (Å²) in [4.78, 5) is 4.31. The highest BCUT2D eigenvalue weighted by atomic mass is 14.7. The van der Waals surface area contributed by atoms with Gasteiger partial charge in [0.25, 0.3) is 0 Å². The van der Waals surface area contributed by atoms with E-state index in [0.717, 1.165) is 19.4 Å². The molecule has 1 nitrogen and oxygen atoms in total. The Hall–Kier alpha value is -2.41. The summed E-state index contributed by atoms with van der Waals surface area (Å²) in [5, 5.41) is 8.31. The summed E-state index contributed by atoms with van der Waals surface area (Å²) < 4.78 is 0. The normalized spacial score (nSPS) is 12.2. The summed E-state index contributed by atoms with van der Waals surface area (Å²) in [6, 6.07) is 20.3. The van der Waals surface area contributed by atoms with Crippen molar-refractivity contribution in [1.82, 2.24) is 0 Å². The van der Waals surface area contributed by atoms with E-state index >= 15 is 0 Å². The van der Waals surface area contributed by atoms with Crippen molar-refractivity contribution >= 4 is 38.5 Å². The van der Waals surface area contributed by atoms with E-state index in [2.05, 4.69) is 59.6 Å². The third-order valence-corrected chi connectivity index (χ3v) is 4.78. The van der Waals surface area contributed by atoms with Gasteiger partial charge in [-0.3, -0.25) is 4.99 Å². The molecule has 0 radical (unpaired) electrons. The Bertz CT molecular complexity index is 965. The van der Waals surface area contributed by atoms with Crippen molar-refractivity contribution in [3.63, 3.8) is 0 Å². The number of rotatable bonds is 5. The molecule has 0 aromatic heterocycles. The minimum absolute atomic E-state index is 0.947. The lowest BCUT2D eigenvalue weighted by molar-refractivity contribution is 0.749. The number of hydrogen-bond donors (Lipinski definition) is 0. The molecule has 0 saturated carbocycles. The zero-order valence-corrected chi connectivity index (χ0v) is 13.5. The molecule has 23 heavy (non-hydrogen) atoms. The fraction of sp³-hybridized carbons (Fsp3) is 0.227. The molecule has 4 aromatic rings. The van der Waals surface area contributed by atoms with Crippen molar-refractivity contribution in [3.8, 4) is 0 Å². The van der Waals surface area contributed by atoms with Crippen LogP contribution in [0.4, 0.5) is 0 Å². The van der Waals surface area contributed by atoms with Gasteiger partial charge in [0, 0.05) is 6.54 Å². The van der Waals surface area contributed by atoms with Gasteiger partial charge >= 0.3 is 0 Å². The van der Waals surface area contributed by atoms with Crippen molar-refractivity contribution in [2.75, 3.05) is 6.54 Å². The molecule has 4 aromatic carbocycles. The minimum atomic E-state index is 0.947. The maximum Gasteiger partial charge on any atom is 0.0385 e. The van der Waals surface area contributed by atoms with Gasteiger partial charge in [-0.15, -0.1) is 0 Å². The van der Waals surface area contributed by atoms with E-state index in [-0.39, 0.29) is 0 Å². The van der Waals surface area contributed by atoms with Crippen LogP contribution in [0.2, 0.25) is 0 Å². The van der Waals surface area contributed by atoms with Gasteiger partial charge in [-0.05, 0) is 70.3 Å².